The number of rotatable bonds is 7. The fourth-order valence-electron chi connectivity index (χ4n) is 1.68. The molecule has 0 aliphatic rings. The molecule has 0 bridgehead atoms. The van der Waals surface area contributed by atoms with E-state index in [1.54, 1.807) is 18.3 Å². The summed E-state index contributed by atoms with van der Waals surface area (Å²) < 4.78 is 18.5. The van der Waals surface area contributed by atoms with Crippen LogP contribution in [0.3, 0.4) is 0 Å². The molecule has 4 nitrogen and oxygen atoms in total. The van der Waals surface area contributed by atoms with Crippen molar-refractivity contribution in [3.63, 3.8) is 0 Å². The molecule has 0 spiro atoms. The Balaban J connectivity index is 1.68. The minimum Gasteiger partial charge on any atom is -0.488 e. The molecule has 1 atom stereocenters. The van der Waals surface area contributed by atoms with Crippen LogP contribution in [0.4, 0.5) is 4.39 Å². The molecule has 0 radical (unpaired) electrons. The number of pyridine rings is 1. The number of benzene rings is 1. The van der Waals surface area contributed by atoms with Crippen molar-refractivity contribution in [2.75, 3.05) is 13.2 Å². The molecule has 2 aromatic rings. The topological polar surface area (TPSA) is 54.4 Å². The molecule has 0 saturated carbocycles. The Bertz CT molecular complexity index is 522. The second kappa shape index (κ2) is 7.57. The van der Waals surface area contributed by atoms with Crippen molar-refractivity contribution in [3.8, 4) is 5.75 Å². The van der Waals surface area contributed by atoms with Crippen LogP contribution in [-0.2, 0) is 6.54 Å². The average Bonchev–Trinajstić information content (AvgIpc) is 2.47. The molecule has 0 saturated heterocycles. The summed E-state index contributed by atoms with van der Waals surface area (Å²) in [5.41, 5.74) is 0.898. The highest BCUT2D eigenvalue weighted by Crippen LogP contribution is 2.15. The molecule has 0 fully saturated rings. The van der Waals surface area contributed by atoms with Crippen molar-refractivity contribution in [1.29, 1.82) is 0 Å². The van der Waals surface area contributed by atoms with Crippen LogP contribution in [0.25, 0.3) is 0 Å². The third-order valence-corrected chi connectivity index (χ3v) is 2.68. The van der Waals surface area contributed by atoms with E-state index in [1.165, 1.54) is 12.1 Å². The van der Waals surface area contributed by atoms with Gasteiger partial charge in [-0.05, 0) is 24.3 Å². The molecular weight excluding hydrogens is 259 g/mol. The maximum absolute atomic E-state index is 13.3. The summed E-state index contributed by atoms with van der Waals surface area (Å²) in [6.45, 7) is 0.957. The van der Waals surface area contributed by atoms with E-state index in [0.717, 1.165) is 5.69 Å². The molecule has 1 aromatic heterocycles. The van der Waals surface area contributed by atoms with Crippen molar-refractivity contribution in [2.45, 2.75) is 12.6 Å². The van der Waals surface area contributed by atoms with Crippen molar-refractivity contribution < 1.29 is 14.2 Å². The normalized spacial score (nSPS) is 12.1. The Morgan fingerprint density at radius 1 is 1.20 bits per heavy atom. The lowest BCUT2D eigenvalue weighted by atomic mass is 10.3. The van der Waals surface area contributed by atoms with Crippen LogP contribution in [-0.4, -0.2) is 29.3 Å². The molecule has 1 aromatic carbocycles. The second-order valence-corrected chi connectivity index (χ2v) is 4.35. The van der Waals surface area contributed by atoms with Crippen LogP contribution in [0.1, 0.15) is 5.69 Å². The molecule has 1 unspecified atom stereocenters. The number of nitrogens with zero attached hydrogens (tertiary/aromatic N) is 1. The first-order chi connectivity index (χ1) is 9.75. The van der Waals surface area contributed by atoms with Crippen molar-refractivity contribution >= 4 is 0 Å². The second-order valence-electron chi connectivity index (χ2n) is 4.35. The Morgan fingerprint density at radius 2 is 2.00 bits per heavy atom. The Labute approximate surface area is 117 Å². The Kier molecular flexibility index (Phi) is 5.46. The van der Waals surface area contributed by atoms with Crippen LogP contribution < -0.4 is 10.1 Å². The summed E-state index contributed by atoms with van der Waals surface area (Å²) in [6.07, 6.45) is 1.01. The SMILES string of the molecule is OC(CNCc1ccccn1)COc1ccccc1F. The predicted octanol–water partition coefficient (Wildman–Crippen LogP) is 1.75. The molecule has 2 rings (SSSR count). The Hall–Kier alpha value is -1.98. The van der Waals surface area contributed by atoms with Gasteiger partial charge in [0.2, 0.25) is 0 Å². The highest BCUT2D eigenvalue weighted by Gasteiger charge is 2.07. The predicted molar refractivity (Wildman–Crippen MR) is 73.8 cm³/mol. The zero-order chi connectivity index (χ0) is 14.2. The third kappa shape index (κ3) is 4.60. The number of aromatic nitrogens is 1. The van der Waals surface area contributed by atoms with E-state index in [2.05, 4.69) is 10.3 Å². The summed E-state index contributed by atoms with van der Waals surface area (Å²) in [5.74, 6) is -0.280. The number of ether oxygens (including phenoxy) is 1. The van der Waals surface area contributed by atoms with Crippen molar-refractivity contribution in [1.82, 2.24) is 10.3 Å². The van der Waals surface area contributed by atoms with Crippen LogP contribution >= 0.6 is 0 Å². The van der Waals surface area contributed by atoms with E-state index < -0.39 is 11.9 Å². The minimum absolute atomic E-state index is 0.0378. The third-order valence-electron chi connectivity index (χ3n) is 2.68. The van der Waals surface area contributed by atoms with Crippen molar-refractivity contribution in [3.05, 3.63) is 60.2 Å². The average molecular weight is 276 g/mol. The van der Waals surface area contributed by atoms with Gasteiger partial charge in [0, 0.05) is 19.3 Å². The molecule has 1 heterocycles. The number of halogens is 1. The maximum atomic E-state index is 13.3. The molecular formula is C15H17FN2O2. The zero-order valence-corrected chi connectivity index (χ0v) is 11.0. The van der Waals surface area contributed by atoms with Gasteiger partial charge in [-0.25, -0.2) is 4.39 Å². The summed E-state index contributed by atoms with van der Waals surface area (Å²) in [7, 11) is 0. The monoisotopic (exact) mass is 276 g/mol. The van der Waals surface area contributed by atoms with E-state index in [0.29, 0.717) is 13.1 Å². The molecule has 106 valence electrons. The number of hydrogen-bond donors (Lipinski definition) is 2. The van der Waals surface area contributed by atoms with Crippen LogP contribution in [0, 0.1) is 5.82 Å². The van der Waals surface area contributed by atoms with Gasteiger partial charge in [-0.3, -0.25) is 4.98 Å². The molecule has 0 amide bonds. The standard InChI is InChI=1S/C15H17FN2O2/c16-14-6-1-2-7-15(14)20-11-13(19)10-17-9-12-5-3-4-8-18-12/h1-8,13,17,19H,9-11H2. The number of hydrogen-bond acceptors (Lipinski definition) is 4. The van der Waals surface area contributed by atoms with E-state index in [4.69, 9.17) is 4.74 Å². The first-order valence-electron chi connectivity index (χ1n) is 6.41. The van der Waals surface area contributed by atoms with Gasteiger partial charge in [-0.2, -0.15) is 0 Å². The molecule has 5 heteroatoms. The largest absolute Gasteiger partial charge is 0.488 e. The summed E-state index contributed by atoms with van der Waals surface area (Å²) >= 11 is 0. The lowest BCUT2D eigenvalue weighted by Gasteiger charge is -2.13. The molecule has 2 N–H and O–H groups in total. The van der Waals surface area contributed by atoms with Gasteiger partial charge in [0.15, 0.2) is 11.6 Å². The molecule has 0 aliphatic heterocycles. The van der Waals surface area contributed by atoms with Crippen LogP contribution in [0.5, 0.6) is 5.75 Å². The van der Waals surface area contributed by atoms with Gasteiger partial charge in [0.1, 0.15) is 12.7 Å². The minimum atomic E-state index is -0.710. The first kappa shape index (κ1) is 14.4. The van der Waals surface area contributed by atoms with E-state index in [-0.39, 0.29) is 12.4 Å². The summed E-state index contributed by atoms with van der Waals surface area (Å²) in [5, 5.41) is 12.8. The van der Waals surface area contributed by atoms with Gasteiger partial charge in [-0.15, -0.1) is 0 Å². The quantitative estimate of drug-likeness (QED) is 0.809. The van der Waals surface area contributed by atoms with Crippen LogP contribution in [0.2, 0.25) is 0 Å². The summed E-state index contributed by atoms with van der Waals surface area (Å²) in [4.78, 5) is 4.16. The van der Waals surface area contributed by atoms with Gasteiger partial charge in [0.05, 0.1) is 5.69 Å². The molecule has 20 heavy (non-hydrogen) atoms. The van der Waals surface area contributed by atoms with Gasteiger partial charge >= 0.3 is 0 Å². The fourth-order valence-corrected chi connectivity index (χ4v) is 1.68. The first-order valence-corrected chi connectivity index (χ1v) is 6.41. The van der Waals surface area contributed by atoms with E-state index >= 15 is 0 Å². The highest BCUT2D eigenvalue weighted by molar-refractivity contribution is 5.23. The van der Waals surface area contributed by atoms with E-state index in [1.807, 2.05) is 18.2 Å². The number of nitrogens with one attached hydrogen (secondary N) is 1. The smallest absolute Gasteiger partial charge is 0.165 e. The number of aliphatic hydroxyl groups is 1. The van der Waals surface area contributed by atoms with Crippen LogP contribution in [0.15, 0.2) is 48.7 Å². The lowest BCUT2D eigenvalue weighted by molar-refractivity contribution is 0.104. The maximum Gasteiger partial charge on any atom is 0.165 e. The summed E-state index contributed by atoms with van der Waals surface area (Å²) in [6, 6.07) is 11.8. The Morgan fingerprint density at radius 3 is 2.75 bits per heavy atom. The lowest BCUT2D eigenvalue weighted by Crippen LogP contribution is -2.31. The van der Waals surface area contributed by atoms with Gasteiger partial charge in [-0.1, -0.05) is 18.2 Å². The number of para-hydroxylation sites is 1. The van der Waals surface area contributed by atoms with Gasteiger partial charge < -0.3 is 15.2 Å². The van der Waals surface area contributed by atoms with Gasteiger partial charge in [0.25, 0.3) is 0 Å². The van der Waals surface area contributed by atoms with E-state index in [9.17, 15) is 9.50 Å². The highest BCUT2D eigenvalue weighted by atomic mass is 19.1. The van der Waals surface area contributed by atoms with Crippen molar-refractivity contribution in [2.24, 2.45) is 0 Å². The zero-order valence-electron chi connectivity index (χ0n) is 11.0. The fraction of sp³-hybridized carbons (Fsp3) is 0.267. The number of aliphatic hydroxyl groups excluding tert-OH is 1. The molecule has 0 aliphatic carbocycles.